The number of aliphatic carboxylic acids is 1. The Labute approximate surface area is 90.2 Å². The van der Waals surface area contributed by atoms with Gasteiger partial charge in [-0.3, -0.25) is 9.59 Å². The smallest absolute Gasteiger partial charge is 0.303 e. The molecule has 0 aliphatic heterocycles. The molecule has 0 bridgehead atoms. The predicted molar refractivity (Wildman–Crippen MR) is 57.4 cm³/mol. The third-order valence-electron chi connectivity index (χ3n) is 2.27. The molecule has 3 N–H and O–H groups in total. The van der Waals surface area contributed by atoms with Crippen molar-refractivity contribution < 1.29 is 14.7 Å². The third kappa shape index (κ3) is 6.90. The molecule has 1 atom stereocenters. The molecule has 1 amide bonds. The van der Waals surface area contributed by atoms with E-state index < -0.39 is 5.97 Å². The monoisotopic (exact) mass is 216 g/mol. The number of rotatable bonds is 7. The highest BCUT2D eigenvalue weighted by molar-refractivity contribution is 5.76. The molecule has 0 aromatic rings. The molecule has 0 aliphatic rings. The molecule has 0 radical (unpaired) electrons. The average Bonchev–Trinajstić information content (AvgIpc) is 2.16. The van der Waals surface area contributed by atoms with Gasteiger partial charge in [0.2, 0.25) is 5.91 Å². The first-order valence-corrected chi connectivity index (χ1v) is 5.18. The number of hydrogen-bond donors (Lipinski definition) is 2. The van der Waals surface area contributed by atoms with Gasteiger partial charge in [0.25, 0.3) is 0 Å². The summed E-state index contributed by atoms with van der Waals surface area (Å²) in [5.41, 5.74) is 5.65. The molecule has 15 heavy (non-hydrogen) atoms. The minimum absolute atomic E-state index is 0.0188. The fourth-order valence-electron chi connectivity index (χ4n) is 1.12. The highest BCUT2D eigenvalue weighted by atomic mass is 16.4. The maximum atomic E-state index is 11.5. The van der Waals surface area contributed by atoms with Crippen LogP contribution in [-0.2, 0) is 9.59 Å². The largest absolute Gasteiger partial charge is 0.481 e. The van der Waals surface area contributed by atoms with Crippen LogP contribution in [0.3, 0.4) is 0 Å². The summed E-state index contributed by atoms with van der Waals surface area (Å²) in [5.74, 6) is -0.851. The maximum absolute atomic E-state index is 11.5. The molecule has 0 rings (SSSR count). The zero-order valence-electron chi connectivity index (χ0n) is 9.40. The van der Waals surface area contributed by atoms with Crippen LogP contribution in [0.25, 0.3) is 0 Å². The van der Waals surface area contributed by atoms with E-state index in [1.165, 1.54) is 0 Å². The molecular formula is C10H20N2O3. The Balaban J connectivity index is 3.74. The maximum Gasteiger partial charge on any atom is 0.303 e. The van der Waals surface area contributed by atoms with E-state index >= 15 is 0 Å². The molecule has 0 aromatic heterocycles. The Kier molecular flexibility index (Phi) is 6.70. The first-order chi connectivity index (χ1) is 6.97. The van der Waals surface area contributed by atoms with Gasteiger partial charge >= 0.3 is 5.97 Å². The fourth-order valence-corrected chi connectivity index (χ4v) is 1.12. The number of carbonyl (C=O) groups excluding carboxylic acids is 1. The summed E-state index contributed by atoms with van der Waals surface area (Å²) in [7, 11) is 1.67. The number of carboxylic acid groups (broad SMARTS) is 1. The zero-order valence-corrected chi connectivity index (χ0v) is 9.40. The van der Waals surface area contributed by atoms with E-state index in [-0.39, 0.29) is 18.4 Å². The van der Waals surface area contributed by atoms with E-state index in [9.17, 15) is 9.59 Å². The Morgan fingerprint density at radius 2 is 2.07 bits per heavy atom. The Bertz CT molecular complexity index is 219. The lowest BCUT2D eigenvalue weighted by molar-refractivity contribution is -0.138. The molecule has 5 heteroatoms. The van der Waals surface area contributed by atoms with Gasteiger partial charge in [-0.15, -0.1) is 0 Å². The van der Waals surface area contributed by atoms with Crippen molar-refractivity contribution in [2.45, 2.75) is 38.6 Å². The second kappa shape index (κ2) is 7.23. The van der Waals surface area contributed by atoms with Gasteiger partial charge in [0, 0.05) is 32.5 Å². The topological polar surface area (TPSA) is 83.6 Å². The normalized spacial score (nSPS) is 12.2. The highest BCUT2D eigenvalue weighted by Gasteiger charge is 2.12. The van der Waals surface area contributed by atoms with E-state index in [1.807, 2.05) is 6.92 Å². The van der Waals surface area contributed by atoms with Crippen LogP contribution in [0.15, 0.2) is 0 Å². The molecular weight excluding hydrogens is 196 g/mol. The van der Waals surface area contributed by atoms with Crippen LogP contribution < -0.4 is 5.73 Å². The predicted octanol–water partition coefficient (Wildman–Crippen LogP) is 0.437. The minimum Gasteiger partial charge on any atom is -0.481 e. The van der Waals surface area contributed by atoms with Gasteiger partial charge in [-0.25, -0.2) is 0 Å². The fraction of sp³-hybridized carbons (Fsp3) is 0.800. The standard InChI is InChI=1S/C10H20N2O3/c1-3-8(11)7-9(13)12(2)6-4-5-10(14)15/h8H,3-7,11H2,1-2H3,(H,14,15). The van der Waals surface area contributed by atoms with Crippen LogP contribution in [0.1, 0.15) is 32.6 Å². The van der Waals surface area contributed by atoms with Crippen LogP contribution in [0.4, 0.5) is 0 Å². The second-order valence-corrected chi connectivity index (χ2v) is 3.69. The summed E-state index contributed by atoms with van der Waals surface area (Å²) in [6.45, 7) is 2.41. The molecule has 0 spiro atoms. The van der Waals surface area contributed by atoms with Crippen LogP contribution >= 0.6 is 0 Å². The molecule has 0 aliphatic carbocycles. The van der Waals surface area contributed by atoms with E-state index in [1.54, 1.807) is 11.9 Å². The van der Waals surface area contributed by atoms with Crippen molar-refractivity contribution in [1.82, 2.24) is 4.90 Å². The summed E-state index contributed by atoms with van der Waals surface area (Å²) in [5, 5.41) is 8.43. The summed E-state index contributed by atoms with van der Waals surface area (Å²) in [6, 6.07) is -0.0978. The number of amides is 1. The molecule has 0 heterocycles. The summed E-state index contributed by atoms with van der Waals surface area (Å²) in [6.07, 6.45) is 1.69. The Morgan fingerprint density at radius 1 is 1.47 bits per heavy atom. The van der Waals surface area contributed by atoms with Gasteiger partial charge in [0.1, 0.15) is 0 Å². The average molecular weight is 216 g/mol. The Morgan fingerprint density at radius 3 is 2.53 bits per heavy atom. The minimum atomic E-state index is -0.832. The molecule has 1 unspecified atom stereocenters. The van der Waals surface area contributed by atoms with Gasteiger partial charge in [-0.2, -0.15) is 0 Å². The SMILES string of the molecule is CCC(N)CC(=O)N(C)CCCC(=O)O. The van der Waals surface area contributed by atoms with Crippen molar-refractivity contribution in [1.29, 1.82) is 0 Å². The lowest BCUT2D eigenvalue weighted by atomic mass is 10.1. The number of carbonyl (C=O) groups is 2. The first kappa shape index (κ1) is 13.9. The second-order valence-electron chi connectivity index (χ2n) is 3.69. The van der Waals surface area contributed by atoms with Gasteiger partial charge in [-0.05, 0) is 12.8 Å². The Hall–Kier alpha value is -1.10. The lowest BCUT2D eigenvalue weighted by Gasteiger charge is -2.18. The van der Waals surface area contributed by atoms with E-state index in [2.05, 4.69) is 0 Å². The van der Waals surface area contributed by atoms with Crippen LogP contribution in [-0.4, -0.2) is 41.5 Å². The third-order valence-corrected chi connectivity index (χ3v) is 2.27. The molecule has 0 saturated carbocycles. The zero-order chi connectivity index (χ0) is 11.8. The van der Waals surface area contributed by atoms with Crippen LogP contribution in [0.5, 0.6) is 0 Å². The highest BCUT2D eigenvalue weighted by Crippen LogP contribution is 2.00. The molecule has 0 saturated heterocycles. The van der Waals surface area contributed by atoms with Crippen molar-refractivity contribution in [2.75, 3.05) is 13.6 Å². The van der Waals surface area contributed by atoms with Gasteiger partial charge in [0.05, 0.1) is 0 Å². The summed E-state index contributed by atoms with van der Waals surface area (Å²) < 4.78 is 0. The summed E-state index contributed by atoms with van der Waals surface area (Å²) >= 11 is 0. The van der Waals surface area contributed by atoms with E-state index in [4.69, 9.17) is 10.8 Å². The van der Waals surface area contributed by atoms with Crippen LogP contribution in [0, 0.1) is 0 Å². The van der Waals surface area contributed by atoms with E-state index in [0.717, 1.165) is 6.42 Å². The van der Waals surface area contributed by atoms with Gasteiger partial charge in [-0.1, -0.05) is 6.92 Å². The number of nitrogens with zero attached hydrogens (tertiary/aromatic N) is 1. The lowest BCUT2D eigenvalue weighted by Crippen LogP contribution is -2.33. The van der Waals surface area contributed by atoms with Crippen molar-refractivity contribution >= 4 is 11.9 Å². The molecule has 0 aromatic carbocycles. The van der Waals surface area contributed by atoms with Crippen molar-refractivity contribution in [2.24, 2.45) is 5.73 Å². The quantitative estimate of drug-likeness (QED) is 0.646. The number of carboxylic acids is 1. The number of hydrogen-bond acceptors (Lipinski definition) is 3. The molecule has 0 fully saturated rings. The molecule has 88 valence electrons. The summed E-state index contributed by atoms with van der Waals surface area (Å²) in [4.78, 5) is 23.3. The van der Waals surface area contributed by atoms with E-state index in [0.29, 0.717) is 19.4 Å². The van der Waals surface area contributed by atoms with Crippen molar-refractivity contribution in [3.63, 3.8) is 0 Å². The van der Waals surface area contributed by atoms with Gasteiger partial charge < -0.3 is 15.7 Å². The first-order valence-electron chi connectivity index (χ1n) is 5.18. The van der Waals surface area contributed by atoms with Crippen molar-refractivity contribution in [3.05, 3.63) is 0 Å². The van der Waals surface area contributed by atoms with Gasteiger partial charge in [0.15, 0.2) is 0 Å². The number of nitrogens with two attached hydrogens (primary N) is 1. The molecule has 5 nitrogen and oxygen atoms in total. The van der Waals surface area contributed by atoms with Crippen LogP contribution in [0.2, 0.25) is 0 Å². The van der Waals surface area contributed by atoms with Crippen molar-refractivity contribution in [3.8, 4) is 0 Å².